The molecule has 0 amide bonds. The molecule has 20 heavy (non-hydrogen) atoms. The van der Waals surface area contributed by atoms with E-state index in [4.69, 9.17) is 4.74 Å². The van der Waals surface area contributed by atoms with E-state index in [1.54, 1.807) is 0 Å². The van der Waals surface area contributed by atoms with E-state index in [9.17, 15) is 0 Å². The molecule has 1 aromatic rings. The summed E-state index contributed by atoms with van der Waals surface area (Å²) < 4.78 is 5.53. The van der Waals surface area contributed by atoms with E-state index in [0.717, 1.165) is 19.5 Å². The maximum atomic E-state index is 5.53. The van der Waals surface area contributed by atoms with Crippen LogP contribution in [0, 0.1) is 5.41 Å². The summed E-state index contributed by atoms with van der Waals surface area (Å²) in [6, 6.07) is 9.29. The highest BCUT2D eigenvalue weighted by Gasteiger charge is 2.48. The third-order valence-electron chi connectivity index (χ3n) is 5.28. The van der Waals surface area contributed by atoms with Crippen LogP contribution in [0.2, 0.25) is 0 Å². The van der Waals surface area contributed by atoms with Crippen LogP contribution in [0.1, 0.15) is 38.2 Å². The third-order valence-corrected chi connectivity index (χ3v) is 5.28. The van der Waals surface area contributed by atoms with Gasteiger partial charge in [0.15, 0.2) is 0 Å². The minimum absolute atomic E-state index is 0.251. The van der Waals surface area contributed by atoms with Crippen LogP contribution in [0.3, 0.4) is 0 Å². The quantitative estimate of drug-likeness (QED) is 0.885. The molecule has 0 saturated heterocycles. The molecule has 1 aromatic carbocycles. The fourth-order valence-corrected chi connectivity index (χ4v) is 3.68. The van der Waals surface area contributed by atoms with E-state index in [-0.39, 0.29) is 5.41 Å². The molecule has 0 bridgehead atoms. The molecule has 0 spiro atoms. The number of nitrogens with one attached hydrogen (secondary N) is 2. The van der Waals surface area contributed by atoms with Crippen molar-refractivity contribution in [1.29, 1.82) is 0 Å². The zero-order valence-electron chi connectivity index (χ0n) is 12.8. The van der Waals surface area contributed by atoms with Crippen LogP contribution >= 0.6 is 0 Å². The van der Waals surface area contributed by atoms with Gasteiger partial charge in [0, 0.05) is 43.3 Å². The van der Waals surface area contributed by atoms with Crippen molar-refractivity contribution < 1.29 is 4.74 Å². The van der Waals surface area contributed by atoms with Crippen molar-refractivity contribution in [1.82, 2.24) is 5.32 Å². The smallest absolute Gasteiger partial charge is 0.0652 e. The standard InChI is InChI=1S/C17H26N2O/c1-17(2)15(10-16(17)20-3)19-11-12-8-9-18-14-7-5-4-6-13(12)14/h4-7,12,15-16,18-19H,8-11H2,1-3H3. The largest absolute Gasteiger partial charge is 0.385 e. The molecule has 1 aliphatic carbocycles. The van der Waals surface area contributed by atoms with E-state index >= 15 is 0 Å². The second-order valence-corrected chi connectivity index (χ2v) is 6.74. The van der Waals surface area contributed by atoms with Gasteiger partial charge in [-0.1, -0.05) is 32.0 Å². The molecule has 0 aromatic heterocycles. The Morgan fingerprint density at radius 1 is 1.35 bits per heavy atom. The van der Waals surface area contributed by atoms with E-state index in [1.807, 2.05) is 7.11 Å². The number of rotatable bonds is 4. The molecule has 3 atom stereocenters. The molecule has 0 radical (unpaired) electrons. The van der Waals surface area contributed by atoms with Crippen LogP contribution in [-0.4, -0.2) is 32.3 Å². The third kappa shape index (κ3) is 2.33. The average Bonchev–Trinajstić information content (AvgIpc) is 2.46. The van der Waals surface area contributed by atoms with Gasteiger partial charge in [-0.15, -0.1) is 0 Å². The zero-order chi connectivity index (χ0) is 14.2. The Kier molecular flexibility index (Phi) is 3.74. The highest BCUT2D eigenvalue weighted by atomic mass is 16.5. The van der Waals surface area contributed by atoms with E-state index in [2.05, 4.69) is 48.7 Å². The first-order valence-corrected chi connectivity index (χ1v) is 7.72. The number of para-hydroxylation sites is 1. The fourth-order valence-electron chi connectivity index (χ4n) is 3.68. The summed E-state index contributed by atoms with van der Waals surface area (Å²) >= 11 is 0. The van der Waals surface area contributed by atoms with Crippen molar-refractivity contribution in [3.63, 3.8) is 0 Å². The number of hydrogen-bond acceptors (Lipinski definition) is 3. The van der Waals surface area contributed by atoms with Gasteiger partial charge in [0.25, 0.3) is 0 Å². The molecule has 3 rings (SSSR count). The van der Waals surface area contributed by atoms with Gasteiger partial charge in [0.05, 0.1) is 6.10 Å². The molecular formula is C17H26N2O. The number of methoxy groups -OCH3 is 1. The van der Waals surface area contributed by atoms with E-state index in [0.29, 0.717) is 18.1 Å². The Bertz CT molecular complexity index is 472. The maximum Gasteiger partial charge on any atom is 0.0652 e. The highest BCUT2D eigenvalue weighted by molar-refractivity contribution is 5.54. The number of benzene rings is 1. The lowest BCUT2D eigenvalue weighted by Crippen LogP contribution is -2.61. The molecule has 1 fully saturated rings. The molecule has 3 unspecified atom stereocenters. The molecule has 1 saturated carbocycles. The van der Waals surface area contributed by atoms with Gasteiger partial charge < -0.3 is 15.4 Å². The van der Waals surface area contributed by atoms with Crippen LogP contribution in [0.15, 0.2) is 24.3 Å². The maximum absolute atomic E-state index is 5.53. The van der Waals surface area contributed by atoms with Gasteiger partial charge in [-0.05, 0) is 24.5 Å². The first kappa shape index (κ1) is 13.9. The lowest BCUT2D eigenvalue weighted by atomic mass is 9.64. The zero-order valence-corrected chi connectivity index (χ0v) is 12.8. The van der Waals surface area contributed by atoms with Crippen LogP contribution in [0.5, 0.6) is 0 Å². The van der Waals surface area contributed by atoms with Gasteiger partial charge in [-0.2, -0.15) is 0 Å². The van der Waals surface area contributed by atoms with E-state index < -0.39 is 0 Å². The van der Waals surface area contributed by atoms with Gasteiger partial charge >= 0.3 is 0 Å². The van der Waals surface area contributed by atoms with Crippen LogP contribution in [0.4, 0.5) is 5.69 Å². The monoisotopic (exact) mass is 274 g/mol. The van der Waals surface area contributed by atoms with Gasteiger partial charge in [0.2, 0.25) is 0 Å². The van der Waals surface area contributed by atoms with E-state index in [1.165, 1.54) is 17.7 Å². The Balaban J connectivity index is 1.61. The molecule has 3 heteroatoms. The second-order valence-electron chi connectivity index (χ2n) is 6.74. The number of anilines is 1. The lowest BCUT2D eigenvalue weighted by molar-refractivity contribution is -0.0975. The van der Waals surface area contributed by atoms with Gasteiger partial charge in [0.1, 0.15) is 0 Å². The minimum Gasteiger partial charge on any atom is -0.385 e. The van der Waals surface area contributed by atoms with Gasteiger partial charge in [-0.3, -0.25) is 0 Å². The van der Waals surface area contributed by atoms with Crippen LogP contribution in [0.25, 0.3) is 0 Å². The summed E-state index contributed by atoms with van der Waals surface area (Å²) in [5, 5.41) is 7.27. The lowest BCUT2D eigenvalue weighted by Gasteiger charge is -2.52. The van der Waals surface area contributed by atoms with Crippen molar-refractivity contribution in [2.75, 3.05) is 25.5 Å². The van der Waals surface area contributed by atoms with Crippen LogP contribution in [-0.2, 0) is 4.74 Å². The Morgan fingerprint density at radius 2 is 2.15 bits per heavy atom. The summed E-state index contributed by atoms with van der Waals surface area (Å²) in [7, 11) is 1.83. The predicted molar refractivity (Wildman–Crippen MR) is 83.3 cm³/mol. The topological polar surface area (TPSA) is 33.3 Å². The SMILES string of the molecule is COC1CC(NCC2CCNc3ccccc32)C1(C)C. The summed E-state index contributed by atoms with van der Waals surface area (Å²) in [4.78, 5) is 0. The Morgan fingerprint density at radius 3 is 2.90 bits per heavy atom. The second kappa shape index (κ2) is 5.38. The van der Waals surface area contributed by atoms with Crippen molar-refractivity contribution in [3.8, 4) is 0 Å². The molecule has 1 heterocycles. The molecule has 1 aliphatic heterocycles. The molecule has 110 valence electrons. The van der Waals surface area contributed by atoms with Crippen molar-refractivity contribution >= 4 is 5.69 Å². The number of fused-ring (bicyclic) bond motifs is 1. The number of hydrogen-bond donors (Lipinski definition) is 2. The predicted octanol–water partition coefficient (Wildman–Crippen LogP) is 2.99. The first-order valence-electron chi connectivity index (χ1n) is 7.72. The first-order chi connectivity index (χ1) is 9.63. The summed E-state index contributed by atoms with van der Waals surface area (Å²) in [5.41, 5.74) is 3.03. The summed E-state index contributed by atoms with van der Waals surface area (Å²) in [6.07, 6.45) is 2.75. The van der Waals surface area contributed by atoms with Gasteiger partial charge in [-0.25, -0.2) is 0 Å². The van der Waals surface area contributed by atoms with Crippen molar-refractivity contribution in [3.05, 3.63) is 29.8 Å². The van der Waals surface area contributed by atoms with Crippen LogP contribution < -0.4 is 10.6 Å². The Hall–Kier alpha value is -1.06. The molecular weight excluding hydrogens is 248 g/mol. The highest BCUT2D eigenvalue weighted by Crippen LogP contribution is 2.42. The fraction of sp³-hybridized carbons (Fsp3) is 0.647. The minimum atomic E-state index is 0.251. The molecule has 2 N–H and O–H groups in total. The summed E-state index contributed by atoms with van der Waals surface area (Å²) in [5.74, 6) is 0.629. The molecule has 2 aliphatic rings. The molecule has 3 nitrogen and oxygen atoms in total. The summed E-state index contributed by atoms with van der Waals surface area (Å²) in [6.45, 7) is 6.76. The number of ether oxygens (including phenoxy) is 1. The van der Waals surface area contributed by atoms with Crippen molar-refractivity contribution in [2.45, 2.75) is 44.8 Å². The Labute approximate surface area is 122 Å². The normalized spacial score (nSPS) is 31.1. The average molecular weight is 274 g/mol. The van der Waals surface area contributed by atoms with Crippen molar-refractivity contribution in [2.24, 2.45) is 5.41 Å².